The number of esters is 1. The van der Waals surface area contributed by atoms with Crippen LogP contribution < -0.4 is 0 Å². The highest BCUT2D eigenvalue weighted by atomic mass is 16.5. The number of imidazole rings is 1. The van der Waals surface area contributed by atoms with Crippen molar-refractivity contribution in [3.63, 3.8) is 0 Å². The third-order valence-electron chi connectivity index (χ3n) is 5.31. The third kappa shape index (κ3) is 3.32. The summed E-state index contributed by atoms with van der Waals surface area (Å²) in [6.45, 7) is 1.58. The number of aromatic nitrogens is 3. The first kappa shape index (κ1) is 16.4. The van der Waals surface area contributed by atoms with E-state index in [0.717, 1.165) is 49.1 Å². The van der Waals surface area contributed by atoms with Crippen LogP contribution in [0.25, 0.3) is 11.0 Å². The Labute approximate surface area is 157 Å². The predicted molar refractivity (Wildman–Crippen MR) is 99.2 cm³/mol. The zero-order chi connectivity index (χ0) is 18.2. The number of rotatable bonds is 6. The molecule has 0 amide bonds. The quantitative estimate of drug-likeness (QED) is 0.627. The van der Waals surface area contributed by atoms with Gasteiger partial charge in [0.1, 0.15) is 6.10 Å². The molecule has 1 aliphatic heterocycles. The van der Waals surface area contributed by atoms with Crippen molar-refractivity contribution in [2.75, 3.05) is 6.61 Å². The number of nitrogens with zero attached hydrogens (tertiary/aromatic N) is 3. The van der Waals surface area contributed by atoms with Crippen molar-refractivity contribution in [2.45, 2.75) is 38.0 Å². The summed E-state index contributed by atoms with van der Waals surface area (Å²) < 4.78 is 13.4. The maximum absolute atomic E-state index is 12.8. The second-order valence-electron chi connectivity index (χ2n) is 7.30. The van der Waals surface area contributed by atoms with Crippen molar-refractivity contribution in [1.29, 1.82) is 0 Å². The van der Waals surface area contributed by atoms with Gasteiger partial charge in [-0.15, -0.1) is 0 Å². The van der Waals surface area contributed by atoms with Gasteiger partial charge in [-0.3, -0.25) is 4.98 Å². The summed E-state index contributed by atoms with van der Waals surface area (Å²) in [5, 5.41) is 0. The molecule has 1 unspecified atom stereocenters. The second kappa shape index (κ2) is 6.78. The number of pyridine rings is 1. The van der Waals surface area contributed by atoms with E-state index in [9.17, 15) is 4.79 Å². The Morgan fingerprint density at radius 2 is 2.11 bits per heavy atom. The second-order valence-corrected chi connectivity index (χ2v) is 7.30. The van der Waals surface area contributed by atoms with E-state index in [1.807, 2.05) is 41.2 Å². The number of ether oxygens (including phenoxy) is 2. The van der Waals surface area contributed by atoms with Crippen LogP contribution in [0.3, 0.4) is 0 Å². The molecule has 2 aromatic heterocycles. The van der Waals surface area contributed by atoms with Gasteiger partial charge in [0.2, 0.25) is 0 Å². The van der Waals surface area contributed by atoms with Gasteiger partial charge in [-0.1, -0.05) is 6.07 Å². The third-order valence-corrected chi connectivity index (χ3v) is 5.31. The molecule has 2 fully saturated rings. The lowest BCUT2D eigenvalue weighted by Gasteiger charge is -2.26. The molecule has 3 aromatic rings. The van der Waals surface area contributed by atoms with Crippen LogP contribution in [0.2, 0.25) is 0 Å². The molecule has 1 aliphatic carbocycles. The lowest BCUT2D eigenvalue weighted by molar-refractivity contribution is -0.0586. The number of benzene rings is 1. The average Bonchev–Trinajstić information content (AvgIpc) is 3.43. The molecule has 0 N–H and O–H groups in total. The van der Waals surface area contributed by atoms with Gasteiger partial charge in [0.25, 0.3) is 0 Å². The minimum absolute atomic E-state index is 0.237. The van der Waals surface area contributed by atoms with Crippen molar-refractivity contribution in [2.24, 2.45) is 5.92 Å². The number of fused-ring (bicyclic) bond motifs is 1. The fourth-order valence-corrected chi connectivity index (χ4v) is 3.50. The molecule has 2 atom stereocenters. The molecule has 3 heterocycles. The Kier molecular flexibility index (Phi) is 4.13. The zero-order valence-corrected chi connectivity index (χ0v) is 15.0. The number of hydrogen-bond acceptors (Lipinski definition) is 5. The molecule has 6 heteroatoms. The van der Waals surface area contributed by atoms with E-state index in [1.165, 1.54) is 0 Å². The highest BCUT2D eigenvalue weighted by Gasteiger charge is 2.36. The van der Waals surface area contributed by atoms with Crippen LogP contribution in [-0.2, 0) is 16.0 Å². The number of carbonyl (C=O) groups is 1. The molecule has 1 aromatic carbocycles. The van der Waals surface area contributed by atoms with Crippen LogP contribution in [0.4, 0.5) is 0 Å². The Bertz CT molecular complexity index is 961. The maximum atomic E-state index is 12.8. The first-order valence-electron chi connectivity index (χ1n) is 9.46. The summed E-state index contributed by atoms with van der Waals surface area (Å²) in [7, 11) is 0. The van der Waals surface area contributed by atoms with Gasteiger partial charge < -0.3 is 14.0 Å². The van der Waals surface area contributed by atoms with Gasteiger partial charge in [0.15, 0.2) is 0 Å². The highest BCUT2D eigenvalue weighted by Crippen LogP contribution is 2.43. The van der Waals surface area contributed by atoms with Crippen LogP contribution >= 0.6 is 0 Å². The van der Waals surface area contributed by atoms with Gasteiger partial charge in [-0.05, 0) is 49.6 Å². The molecular formula is C21H21N3O3. The normalized spacial score (nSPS) is 20.2. The summed E-state index contributed by atoms with van der Waals surface area (Å²) in [5.41, 5.74) is 3.16. The molecule has 2 aliphatic rings. The van der Waals surface area contributed by atoms with Crippen LogP contribution in [0, 0.1) is 5.92 Å². The van der Waals surface area contributed by atoms with E-state index in [0.29, 0.717) is 11.5 Å². The molecule has 0 radical (unpaired) electrons. The van der Waals surface area contributed by atoms with Crippen LogP contribution in [0.5, 0.6) is 0 Å². The fraction of sp³-hybridized carbons (Fsp3) is 0.381. The standard InChI is InChI=1S/C21H21N3O3/c25-21(27-20(14-4-5-14)18-3-1-2-9-22-18)15-6-7-17-19(11-15)24(13-23-17)12-16-8-10-26-16/h1-3,6-7,9,11,13-14,16,20H,4-5,8,10,12H2/t16-,20?/m0/s1. The van der Waals surface area contributed by atoms with Crippen molar-refractivity contribution >= 4 is 17.0 Å². The van der Waals surface area contributed by atoms with Gasteiger partial charge in [0, 0.05) is 18.7 Å². The van der Waals surface area contributed by atoms with Crippen LogP contribution in [0.1, 0.15) is 41.4 Å². The molecule has 1 saturated carbocycles. The molecule has 0 spiro atoms. The van der Waals surface area contributed by atoms with E-state index in [-0.39, 0.29) is 18.2 Å². The Morgan fingerprint density at radius 3 is 2.81 bits per heavy atom. The largest absolute Gasteiger partial charge is 0.452 e. The zero-order valence-electron chi connectivity index (χ0n) is 15.0. The first-order chi connectivity index (χ1) is 13.3. The van der Waals surface area contributed by atoms with Gasteiger partial charge in [0.05, 0.1) is 41.3 Å². The summed E-state index contributed by atoms with van der Waals surface area (Å²) in [5.74, 6) is 0.0565. The van der Waals surface area contributed by atoms with Gasteiger partial charge >= 0.3 is 5.97 Å². The average molecular weight is 363 g/mol. The van der Waals surface area contributed by atoms with E-state index < -0.39 is 0 Å². The van der Waals surface area contributed by atoms with E-state index in [2.05, 4.69) is 9.97 Å². The minimum atomic E-state index is -0.313. The van der Waals surface area contributed by atoms with Crippen molar-refractivity contribution in [3.8, 4) is 0 Å². The lowest BCUT2D eigenvalue weighted by Crippen LogP contribution is -2.30. The lowest BCUT2D eigenvalue weighted by atomic mass is 10.1. The number of carbonyl (C=O) groups excluding carboxylic acids is 1. The topological polar surface area (TPSA) is 66.2 Å². The van der Waals surface area contributed by atoms with Gasteiger partial charge in [-0.2, -0.15) is 0 Å². The molecular weight excluding hydrogens is 342 g/mol. The van der Waals surface area contributed by atoms with Crippen molar-refractivity contribution < 1.29 is 14.3 Å². The Balaban J connectivity index is 1.38. The molecule has 6 nitrogen and oxygen atoms in total. The number of hydrogen-bond donors (Lipinski definition) is 0. The maximum Gasteiger partial charge on any atom is 0.338 e. The minimum Gasteiger partial charge on any atom is -0.452 e. The summed E-state index contributed by atoms with van der Waals surface area (Å²) in [6.07, 6.45) is 6.72. The van der Waals surface area contributed by atoms with Crippen LogP contribution in [0.15, 0.2) is 48.9 Å². The summed E-state index contributed by atoms with van der Waals surface area (Å²) in [6, 6.07) is 11.2. The monoisotopic (exact) mass is 363 g/mol. The van der Waals surface area contributed by atoms with Crippen molar-refractivity contribution in [3.05, 3.63) is 60.2 Å². The highest BCUT2D eigenvalue weighted by molar-refractivity contribution is 5.93. The molecule has 5 rings (SSSR count). The van der Waals surface area contributed by atoms with Gasteiger partial charge in [-0.25, -0.2) is 9.78 Å². The summed E-state index contributed by atoms with van der Waals surface area (Å²) >= 11 is 0. The molecule has 0 bridgehead atoms. The van der Waals surface area contributed by atoms with E-state index >= 15 is 0 Å². The SMILES string of the molecule is O=C(OC(c1ccccn1)C1CC1)c1ccc2ncn(C[C@@H]3CCO3)c2c1. The predicted octanol–water partition coefficient (Wildman–Crippen LogP) is 3.53. The Morgan fingerprint density at radius 1 is 1.22 bits per heavy atom. The molecule has 138 valence electrons. The van der Waals surface area contributed by atoms with E-state index in [1.54, 1.807) is 12.3 Å². The summed E-state index contributed by atoms with van der Waals surface area (Å²) in [4.78, 5) is 21.6. The van der Waals surface area contributed by atoms with Crippen LogP contribution in [-0.4, -0.2) is 33.2 Å². The molecule has 1 saturated heterocycles. The molecule has 27 heavy (non-hydrogen) atoms. The smallest absolute Gasteiger partial charge is 0.338 e. The first-order valence-corrected chi connectivity index (χ1v) is 9.46. The fourth-order valence-electron chi connectivity index (χ4n) is 3.50. The Hall–Kier alpha value is -2.73. The van der Waals surface area contributed by atoms with E-state index in [4.69, 9.17) is 9.47 Å². The van der Waals surface area contributed by atoms with Crippen molar-refractivity contribution in [1.82, 2.24) is 14.5 Å².